The standard InChI is InChI=1S/C19H18BIN5/c1-3-17(13-5-4-6-15(9-13)20-21)24-11-14(10-22-2)18-16-7-8-23-19(16)26-12-25-18/h3-12,17,24H,1H2,2H3,(H,23,25,26)/b14-11+,22-10?. The van der Waals surface area contributed by atoms with Gasteiger partial charge < -0.3 is 10.3 Å². The molecular formula is C19H18BIN5. The van der Waals surface area contributed by atoms with Crippen molar-refractivity contribution in [2.45, 2.75) is 6.04 Å². The van der Waals surface area contributed by atoms with Crippen molar-refractivity contribution < 1.29 is 0 Å². The third kappa shape index (κ3) is 4.04. The van der Waals surface area contributed by atoms with Gasteiger partial charge in [-0.25, -0.2) is 9.97 Å². The molecule has 0 aliphatic rings. The number of aliphatic imine (C=N–C) groups is 1. The van der Waals surface area contributed by atoms with Crippen LogP contribution < -0.4 is 10.8 Å². The van der Waals surface area contributed by atoms with Crippen LogP contribution in [0.4, 0.5) is 0 Å². The summed E-state index contributed by atoms with van der Waals surface area (Å²) in [5, 5.41) is 6.43. The van der Waals surface area contributed by atoms with Crippen molar-refractivity contribution in [2.75, 3.05) is 7.05 Å². The second-order valence-corrected chi connectivity index (χ2v) is 6.23. The fourth-order valence-corrected chi connectivity index (χ4v) is 3.10. The molecular weight excluding hydrogens is 436 g/mol. The molecule has 0 saturated carbocycles. The van der Waals surface area contributed by atoms with E-state index in [-0.39, 0.29) is 6.04 Å². The molecule has 1 aromatic carbocycles. The Balaban J connectivity index is 1.93. The monoisotopic (exact) mass is 454 g/mol. The van der Waals surface area contributed by atoms with Gasteiger partial charge in [-0.05, 0) is 11.6 Å². The van der Waals surface area contributed by atoms with E-state index in [9.17, 15) is 0 Å². The molecule has 0 fully saturated rings. The molecule has 2 N–H and O–H groups in total. The molecule has 2 heterocycles. The number of fused-ring (bicyclic) bond motifs is 1. The number of hydrogen-bond acceptors (Lipinski definition) is 4. The van der Waals surface area contributed by atoms with E-state index in [0.717, 1.165) is 27.9 Å². The Morgan fingerprint density at radius 3 is 3.04 bits per heavy atom. The zero-order valence-electron chi connectivity index (χ0n) is 14.4. The molecule has 7 heteroatoms. The van der Waals surface area contributed by atoms with Gasteiger partial charge in [0.15, 0.2) is 0 Å². The summed E-state index contributed by atoms with van der Waals surface area (Å²) in [5.41, 5.74) is 4.82. The highest BCUT2D eigenvalue weighted by Crippen LogP contribution is 2.20. The number of aromatic amines is 1. The van der Waals surface area contributed by atoms with Crippen LogP contribution in [-0.4, -0.2) is 33.4 Å². The van der Waals surface area contributed by atoms with Crippen LogP contribution in [-0.2, 0) is 0 Å². The van der Waals surface area contributed by atoms with Crippen LogP contribution in [0, 0.1) is 0 Å². The van der Waals surface area contributed by atoms with Crippen molar-refractivity contribution in [2.24, 2.45) is 4.99 Å². The molecule has 1 unspecified atom stereocenters. The highest BCUT2D eigenvalue weighted by atomic mass is 127. The maximum Gasteiger partial charge on any atom is 0.237 e. The Bertz CT molecular complexity index is 963. The number of aromatic nitrogens is 3. The Kier molecular flexibility index (Phi) is 6.22. The van der Waals surface area contributed by atoms with Gasteiger partial charge in [0.2, 0.25) is 5.14 Å². The first-order valence-corrected chi connectivity index (χ1v) is 9.34. The van der Waals surface area contributed by atoms with Crippen LogP contribution in [0.15, 0.2) is 66.7 Å². The Hall–Kier alpha value is -2.42. The average Bonchev–Trinajstić information content (AvgIpc) is 3.16. The van der Waals surface area contributed by atoms with Gasteiger partial charge in [0.1, 0.15) is 12.0 Å². The molecule has 1 atom stereocenters. The van der Waals surface area contributed by atoms with Crippen molar-refractivity contribution in [1.29, 1.82) is 0 Å². The highest BCUT2D eigenvalue weighted by molar-refractivity contribution is 14.1. The van der Waals surface area contributed by atoms with Gasteiger partial charge in [0, 0.05) is 36.6 Å². The van der Waals surface area contributed by atoms with Gasteiger partial charge in [-0.2, -0.15) is 22.4 Å². The van der Waals surface area contributed by atoms with E-state index in [1.54, 1.807) is 19.6 Å². The predicted molar refractivity (Wildman–Crippen MR) is 118 cm³/mol. The van der Waals surface area contributed by atoms with Crippen LogP contribution in [0.25, 0.3) is 16.6 Å². The Labute approximate surface area is 166 Å². The van der Waals surface area contributed by atoms with Crippen molar-refractivity contribution in [1.82, 2.24) is 20.3 Å². The number of H-pyrrole nitrogens is 1. The van der Waals surface area contributed by atoms with Crippen LogP contribution >= 0.6 is 22.4 Å². The van der Waals surface area contributed by atoms with Gasteiger partial charge in [0.25, 0.3) is 0 Å². The number of halogens is 1. The fraction of sp³-hybridized carbons (Fsp3) is 0.105. The number of allylic oxidation sites excluding steroid dienone is 1. The van der Waals surface area contributed by atoms with Gasteiger partial charge in [-0.1, -0.05) is 35.8 Å². The molecule has 3 aromatic rings. The number of nitrogens with one attached hydrogen (secondary N) is 2. The van der Waals surface area contributed by atoms with Crippen molar-refractivity contribution >= 4 is 55.8 Å². The van der Waals surface area contributed by atoms with Crippen molar-refractivity contribution in [3.63, 3.8) is 0 Å². The van der Waals surface area contributed by atoms with Crippen LogP contribution in [0.1, 0.15) is 17.3 Å². The second-order valence-electron chi connectivity index (χ2n) is 5.61. The lowest BCUT2D eigenvalue weighted by atomic mass is 9.92. The molecule has 0 aliphatic heterocycles. The van der Waals surface area contributed by atoms with E-state index in [0.29, 0.717) is 0 Å². The molecule has 0 spiro atoms. The lowest BCUT2D eigenvalue weighted by molar-refractivity contribution is 0.759. The topological polar surface area (TPSA) is 66.0 Å². The summed E-state index contributed by atoms with van der Waals surface area (Å²) in [4.78, 5) is 16.0. The fourth-order valence-electron chi connectivity index (χ4n) is 2.71. The molecule has 1 radical (unpaired) electrons. The highest BCUT2D eigenvalue weighted by Gasteiger charge is 2.10. The minimum absolute atomic E-state index is 0.0184. The molecule has 0 aliphatic carbocycles. The number of rotatable bonds is 7. The van der Waals surface area contributed by atoms with Crippen LogP contribution in [0.5, 0.6) is 0 Å². The van der Waals surface area contributed by atoms with Gasteiger partial charge >= 0.3 is 0 Å². The Morgan fingerprint density at radius 1 is 1.38 bits per heavy atom. The van der Waals surface area contributed by atoms with Crippen molar-refractivity contribution in [3.05, 3.63) is 73.0 Å². The summed E-state index contributed by atoms with van der Waals surface area (Å²) in [7, 11) is 1.74. The first-order chi connectivity index (χ1) is 12.8. The summed E-state index contributed by atoms with van der Waals surface area (Å²) in [6.45, 7) is 3.96. The van der Waals surface area contributed by atoms with Crippen LogP contribution in [0.3, 0.4) is 0 Å². The maximum atomic E-state index is 4.44. The Morgan fingerprint density at radius 2 is 2.27 bits per heavy atom. The first-order valence-electron chi connectivity index (χ1n) is 8.09. The quantitative estimate of drug-likeness (QED) is 0.250. The van der Waals surface area contributed by atoms with Gasteiger partial charge in [-0.15, -0.1) is 6.58 Å². The molecule has 2 aromatic heterocycles. The summed E-state index contributed by atoms with van der Waals surface area (Å²) >= 11 is 2.25. The molecule has 129 valence electrons. The maximum absolute atomic E-state index is 4.44. The van der Waals surface area contributed by atoms with E-state index >= 15 is 0 Å². The van der Waals surface area contributed by atoms with E-state index in [4.69, 9.17) is 0 Å². The van der Waals surface area contributed by atoms with Gasteiger partial charge in [0.05, 0.1) is 11.7 Å². The number of nitrogens with zero attached hydrogens (tertiary/aromatic N) is 3. The number of benzene rings is 1. The number of hydrogen-bond donors (Lipinski definition) is 2. The first kappa shape index (κ1) is 18.4. The summed E-state index contributed by atoms with van der Waals surface area (Å²) in [5.74, 6) is 0. The summed E-state index contributed by atoms with van der Waals surface area (Å²) in [6, 6.07) is 10.3. The molecule has 3 rings (SSSR count). The zero-order chi connectivity index (χ0) is 18.4. The molecule has 5 nitrogen and oxygen atoms in total. The SMILES string of the molecule is C=CC(N/C=C(\C=NC)c1ncnc2[nH]ccc12)c1cccc([B]I)c1. The molecule has 0 saturated heterocycles. The van der Waals surface area contributed by atoms with E-state index in [1.165, 1.54) is 5.46 Å². The lowest BCUT2D eigenvalue weighted by Gasteiger charge is -2.15. The minimum Gasteiger partial charge on any atom is -0.380 e. The van der Waals surface area contributed by atoms with E-state index in [2.05, 4.69) is 77.5 Å². The predicted octanol–water partition coefficient (Wildman–Crippen LogP) is 3.20. The van der Waals surface area contributed by atoms with E-state index in [1.807, 2.05) is 30.6 Å². The summed E-state index contributed by atoms with van der Waals surface area (Å²) in [6.07, 6.45) is 9.01. The second kappa shape index (κ2) is 8.80. The normalized spacial score (nSPS) is 13.1. The third-order valence-corrected chi connectivity index (χ3v) is 4.66. The van der Waals surface area contributed by atoms with E-state index < -0.39 is 0 Å². The lowest BCUT2D eigenvalue weighted by Crippen LogP contribution is -2.17. The smallest absolute Gasteiger partial charge is 0.237 e. The van der Waals surface area contributed by atoms with Crippen molar-refractivity contribution in [3.8, 4) is 0 Å². The van der Waals surface area contributed by atoms with Crippen LogP contribution in [0.2, 0.25) is 0 Å². The molecule has 0 amide bonds. The largest absolute Gasteiger partial charge is 0.380 e. The molecule has 26 heavy (non-hydrogen) atoms. The minimum atomic E-state index is -0.0184. The third-order valence-electron chi connectivity index (χ3n) is 3.95. The van der Waals surface area contributed by atoms with Gasteiger partial charge in [-0.3, -0.25) is 4.99 Å². The molecule has 0 bridgehead atoms. The summed E-state index contributed by atoms with van der Waals surface area (Å²) < 4.78 is 0. The zero-order valence-corrected chi connectivity index (χ0v) is 16.5. The average molecular weight is 454 g/mol.